The molecule has 7 atom stereocenters. The van der Waals surface area contributed by atoms with Crippen molar-refractivity contribution in [3.63, 3.8) is 0 Å². The first-order chi connectivity index (χ1) is 14.6. The van der Waals surface area contributed by atoms with E-state index in [4.69, 9.17) is 4.43 Å². The molecule has 0 saturated heterocycles. The summed E-state index contributed by atoms with van der Waals surface area (Å²) >= 11 is 0. The average molecular weight is 439 g/mol. The standard InChI is InChI=1S/C27H38O3Si/c1-26-14-12-18(28)16-23(26)24(30-31(3,4)19-8-6-5-7-9-19)17-20-21-10-11-25(29)27(21,2)15-13-22(20)26/h5-9,20-24H,10-17H2,1-4H3/t20-,21-,22-,23-,24+,26+,27+/m0/s1. The molecule has 0 aromatic heterocycles. The molecular weight excluding hydrogens is 400 g/mol. The summed E-state index contributed by atoms with van der Waals surface area (Å²) in [4.78, 5) is 25.4. The molecule has 4 aliphatic rings. The van der Waals surface area contributed by atoms with Gasteiger partial charge in [-0.1, -0.05) is 44.2 Å². The summed E-state index contributed by atoms with van der Waals surface area (Å²) in [7, 11) is -2.10. The molecule has 0 spiro atoms. The largest absolute Gasteiger partial charge is 0.410 e. The Labute approximate surface area is 188 Å². The Morgan fingerprint density at radius 3 is 2.42 bits per heavy atom. The Balaban J connectivity index is 1.50. The van der Waals surface area contributed by atoms with Crippen LogP contribution in [0.25, 0.3) is 0 Å². The zero-order valence-electron chi connectivity index (χ0n) is 19.7. The highest BCUT2D eigenvalue weighted by Gasteiger charge is 2.62. The maximum absolute atomic E-state index is 12.8. The van der Waals surface area contributed by atoms with Crippen molar-refractivity contribution in [2.24, 2.45) is 34.5 Å². The molecule has 4 aliphatic carbocycles. The lowest BCUT2D eigenvalue weighted by atomic mass is 9.44. The number of ketones is 2. The Hall–Kier alpha value is -1.26. The highest BCUT2D eigenvalue weighted by atomic mass is 28.4. The number of Topliss-reactive ketones (excluding diaryl/α,β-unsaturated/α-hetero) is 2. The number of benzene rings is 1. The van der Waals surface area contributed by atoms with Crippen molar-refractivity contribution < 1.29 is 14.0 Å². The third kappa shape index (κ3) is 3.31. The molecule has 1 aromatic carbocycles. The number of fused-ring (bicyclic) bond motifs is 5. The number of carbonyl (C=O) groups excluding carboxylic acids is 2. The quantitative estimate of drug-likeness (QED) is 0.604. The number of carbonyl (C=O) groups is 2. The van der Waals surface area contributed by atoms with Crippen LogP contribution in [0.15, 0.2) is 30.3 Å². The van der Waals surface area contributed by atoms with E-state index < -0.39 is 8.32 Å². The van der Waals surface area contributed by atoms with Gasteiger partial charge in [0.05, 0.1) is 0 Å². The molecule has 31 heavy (non-hydrogen) atoms. The van der Waals surface area contributed by atoms with Gasteiger partial charge >= 0.3 is 0 Å². The molecule has 5 rings (SSSR count). The second-order valence-corrected chi connectivity index (χ2v) is 15.8. The molecule has 4 saturated carbocycles. The van der Waals surface area contributed by atoms with Crippen LogP contribution < -0.4 is 5.19 Å². The van der Waals surface area contributed by atoms with Gasteiger partial charge < -0.3 is 4.43 Å². The fraction of sp³-hybridized carbons (Fsp3) is 0.704. The number of hydrogen-bond acceptors (Lipinski definition) is 3. The van der Waals surface area contributed by atoms with Crippen molar-refractivity contribution >= 4 is 25.1 Å². The van der Waals surface area contributed by atoms with E-state index in [9.17, 15) is 9.59 Å². The van der Waals surface area contributed by atoms with E-state index in [1.165, 1.54) is 5.19 Å². The van der Waals surface area contributed by atoms with Crippen LogP contribution in [0.5, 0.6) is 0 Å². The lowest BCUT2D eigenvalue weighted by molar-refractivity contribution is -0.162. The monoisotopic (exact) mass is 438 g/mol. The molecule has 0 bridgehead atoms. The van der Waals surface area contributed by atoms with Gasteiger partial charge in [-0.05, 0) is 79.5 Å². The van der Waals surface area contributed by atoms with Gasteiger partial charge in [0.15, 0.2) is 0 Å². The SMILES string of the molecule is C[C@]12CCC(=O)C[C@H]1[C@H](O[Si](C)(C)c1ccccc1)C[C@@H]1[C@@H]2CC[C@@]2(C)C(=O)CC[C@@H]12. The topological polar surface area (TPSA) is 43.4 Å². The maximum atomic E-state index is 12.8. The van der Waals surface area contributed by atoms with Crippen molar-refractivity contribution in [3.05, 3.63) is 30.3 Å². The molecule has 0 amide bonds. The fourth-order valence-corrected chi connectivity index (χ4v) is 10.4. The zero-order valence-corrected chi connectivity index (χ0v) is 20.7. The summed E-state index contributed by atoms with van der Waals surface area (Å²) in [6.45, 7) is 9.33. The van der Waals surface area contributed by atoms with E-state index in [0.29, 0.717) is 41.7 Å². The summed E-state index contributed by atoms with van der Waals surface area (Å²) in [6, 6.07) is 10.7. The molecule has 4 fully saturated rings. The highest BCUT2D eigenvalue weighted by Crippen LogP contribution is 2.65. The minimum absolute atomic E-state index is 0.119. The molecular formula is C27H38O3Si. The van der Waals surface area contributed by atoms with Crippen LogP contribution in [0, 0.1) is 34.5 Å². The lowest BCUT2D eigenvalue weighted by Gasteiger charge is -2.61. The van der Waals surface area contributed by atoms with Gasteiger partial charge in [0.2, 0.25) is 8.32 Å². The maximum Gasteiger partial charge on any atom is 0.218 e. The van der Waals surface area contributed by atoms with Gasteiger partial charge in [0.1, 0.15) is 11.6 Å². The molecule has 3 nitrogen and oxygen atoms in total. The first-order valence-corrected chi connectivity index (χ1v) is 15.3. The summed E-state index contributed by atoms with van der Waals surface area (Å²) in [6.07, 6.45) is 7.60. The van der Waals surface area contributed by atoms with Crippen LogP contribution in [0.4, 0.5) is 0 Å². The molecule has 168 valence electrons. The van der Waals surface area contributed by atoms with Crippen molar-refractivity contribution in [1.29, 1.82) is 0 Å². The minimum Gasteiger partial charge on any atom is -0.410 e. The van der Waals surface area contributed by atoms with Gasteiger partial charge in [-0.25, -0.2) is 0 Å². The van der Waals surface area contributed by atoms with Crippen molar-refractivity contribution in [2.75, 3.05) is 0 Å². The molecule has 0 N–H and O–H groups in total. The second kappa shape index (κ2) is 7.38. The summed E-state index contributed by atoms with van der Waals surface area (Å²) in [5, 5.41) is 1.32. The van der Waals surface area contributed by atoms with Crippen LogP contribution in [-0.4, -0.2) is 26.0 Å². The summed E-state index contributed by atoms with van der Waals surface area (Å²) in [5.74, 6) is 2.94. The second-order valence-electron chi connectivity index (χ2n) is 11.9. The van der Waals surface area contributed by atoms with E-state index in [1.807, 2.05) is 0 Å². The van der Waals surface area contributed by atoms with E-state index in [0.717, 1.165) is 44.9 Å². The molecule has 0 aliphatic heterocycles. The van der Waals surface area contributed by atoms with Crippen molar-refractivity contribution in [2.45, 2.75) is 84.4 Å². The lowest BCUT2D eigenvalue weighted by Crippen LogP contribution is -2.61. The number of hydrogen-bond donors (Lipinski definition) is 0. The third-order valence-corrected chi connectivity index (χ3v) is 12.7. The minimum atomic E-state index is -2.10. The molecule has 0 heterocycles. The normalized spacial score (nSPS) is 42.6. The van der Waals surface area contributed by atoms with Gasteiger partial charge in [0.25, 0.3) is 0 Å². The zero-order chi connectivity index (χ0) is 22.0. The average Bonchev–Trinajstić information content (AvgIpc) is 3.05. The van der Waals surface area contributed by atoms with E-state index in [2.05, 4.69) is 57.3 Å². The van der Waals surface area contributed by atoms with Gasteiger partial charge in [-0.3, -0.25) is 9.59 Å². The smallest absolute Gasteiger partial charge is 0.218 e. The Morgan fingerprint density at radius 2 is 1.68 bits per heavy atom. The first-order valence-electron chi connectivity index (χ1n) is 12.4. The van der Waals surface area contributed by atoms with Crippen molar-refractivity contribution in [1.82, 2.24) is 0 Å². The van der Waals surface area contributed by atoms with E-state index >= 15 is 0 Å². The molecule has 4 heteroatoms. The molecule has 0 radical (unpaired) electrons. The molecule has 1 aromatic rings. The number of rotatable bonds is 3. The predicted octanol–water partition coefficient (Wildman–Crippen LogP) is 5.27. The van der Waals surface area contributed by atoms with Gasteiger partial charge in [0, 0.05) is 30.8 Å². The van der Waals surface area contributed by atoms with E-state index in [-0.39, 0.29) is 16.9 Å². The fourth-order valence-electron chi connectivity index (χ4n) is 8.25. The summed E-state index contributed by atoms with van der Waals surface area (Å²) < 4.78 is 7.11. The Bertz CT molecular complexity index is 880. The van der Waals surface area contributed by atoms with Crippen LogP contribution >= 0.6 is 0 Å². The van der Waals surface area contributed by atoms with Gasteiger partial charge in [-0.15, -0.1) is 0 Å². The first kappa shape index (κ1) is 21.6. The van der Waals surface area contributed by atoms with Crippen LogP contribution in [-0.2, 0) is 14.0 Å². The predicted molar refractivity (Wildman–Crippen MR) is 126 cm³/mol. The Morgan fingerprint density at radius 1 is 0.935 bits per heavy atom. The third-order valence-electron chi connectivity index (χ3n) is 10.1. The highest BCUT2D eigenvalue weighted by molar-refractivity contribution is 6.84. The van der Waals surface area contributed by atoms with Crippen LogP contribution in [0.3, 0.4) is 0 Å². The van der Waals surface area contributed by atoms with Crippen LogP contribution in [0.1, 0.15) is 65.2 Å². The van der Waals surface area contributed by atoms with Crippen molar-refractivity contribution in [3.8, 4) is 0 Å². The van der Waals surface area contributed by atoms with Gasteiger partial charge in [-0.2, -0.15) is 0 Å². The van der Waals surface area contributed by atoms with E-state index in [1.54, 1.807) is 0 Å². The molecule has 0 unspecified atom stereocenters. The summed E-state index contributed by atoms with van der Waals surface area (Å²) in [5.41, 5.74) is 0.0431. The van der Waals surface area contributed by atoms with Crippen LogP contribution in [0.2, 0.25) is 13.1 Å². The Kier molecular flexibility index (Phi) is 5.14.